The van der Waals surface area contributed by atoms with Gasteiger partial charge in [0.05, 0.1) is 16.7 Å². The van der Waals surface area contributed by atoms with E-state index in [1.54, 1.807) is 13.8 Å². The molecule has 1 aromatic carbocycles. The van der Waals surface area contributed by atoms with Crippen LogP contribution in [0.1, 0.15) is 57.8 Å². The number of allylic oxidation sites excluding steroid dienone is 1. The molecule has 1 amide bonds. The minimum atomic E-state index is -1.57. The van der Waals surface area contributed by atoms with Gasteiger partial charge in [0.2, 0.25) is 0 Å². The minimum absolute atomic E-state index is 0.158. The van der Waals surface area contributed by atoms with Crippen molar-refractivity contribution in [3.8, 4) is 0 Å². The first-order valence-corrected chi connectivity index (χ1v) is 11.3. The molecular weight excluding hydrogens is 454 g/mol. The fourth-order valence-corrected chi connectivity index (χ4v) is 5.05. The Morgan fingerprint density at radius 3 is 2.14 bits per heavy atom. The van der Waals surface area contributed by atoms with Gasteiger partial charge >= 0.3 is 11.9 Å². The fraction of sp³-hybridized carbons (Fsp3) is 0.423. The molecule has 1 saturated carbocycles. The van der Waals surface area contributed by atoms with Gasteiger partial charge in [-0.1, -0.05) is 11.6 Å². The molecule has 3 aliphatic rings. The lowest BCUT2D eigenvalue weighted by Gasteiger charge is -2.38. The van der Waals surface area contributed by atoms with E-state index in [1.807, 2.05) is 0 Å². The molecule has 0 saturated heterocycles. The number of ketones is 2. The number of esters is 1. The van der Waals surface area contributed by atoms with Gasteiger partial charge in [-0.25, -0.2) is 9.59 Å². The lowest BCUT2D eigenvalue weighted by molar-refractivity contribution is -0.147. The topological polar surface area (TPSA) is 127 Å². The maximum atomic E-state index is 13.4. The third kappa shape index (κ3) is 3.70. The van der Waals surface area contributed by atoms with E-state index in [-0.39, 0.29) is 29.2 Å². The second kappa shape index (κ2) is 7.98. The third-order valence-electron chi connectivity index (χ3n) is 7.29. The number of fused-ring (bicyclic) bond motifs is 1. The van der Waals surface area contributed by atoms with Crippen molar-refractivity contribution in [1.29, 1.82) is 0 Å². The van der Waals surface area contributed by atoms with Crippen molar-refractivity contribution in [3.63, 3.8) is 0 Å². The van der Waals surface area contributed by atoms with Gasteiger partial charge in [-0.3, -0.25) is 14.4 Å². The largest absolute Gasteiger partial charge is 0.461 e. The van der Waals surface area contributed by atoms with Crippen LogP contribution in [-0.2, 0) is 28.8 Å². The molecule has 184 valence electrons. The molecule has 3 aliphatic carbocycles. The van der Waals surface area contributed by atoms with Crippen molar-refractivity contribution in [3.05, 3.63) is 52.6 Å². The summed E-state index contributed by atoms with van der Waals surface area (Å²) in [6, 6.07) is 5.64. The molecule has 1 spiro atoms. The van der Waals surface area contributed by atoms with E-state index in [4.69, 9.17) is 9.57 Å². The zero-order valence-electron chi connectivity index (χ0n) is 20.3. The van der Waals surface area contributed by atoms with Crippen molar-refractivity contribution in [2.45, 2.75) is 53.1 Å². The Morgan fingerprint density at radius 2 is 1.63 bits per heavy atom. The van der Waals surface area contributed by atoms with Crippen LogP contribution in [0.3, 0.4) is 0 Å². The first-order chi connectivity index (χ1) is 16.2. The number of amides is 1. The number of anilines is 1. The average molecular weight is 482 g/mol. The van der Waals surface area contributed by atoms with E-state index >= 15 is 0 Å². The molecule has 0 aromatic heterocycles. The van der Waals surface area contributed by atoms with Crippen LogP contribution in [0.5, 0.6) is 0 Å². The number of hydrogen-bond acceptors (Lipinski definition) is 8. The zero-order valence-corrected chi connectivity index (χ0v) is 20.3. The molecule has 0 heterocycles. The standard InChI is InChI=1S/C26H27NO8/c1-14-20-19(21(30)25(5,33)26(14)10-11-26)12-24(4,22(20)31)13-34-23(32)17-6-8-18(9-7-17)27(15(2)28)35-16(3)29/h6-9,12,33H,10-11,13H2,1-5H3/t24-,25-/m0/s1. The van der Waals surface area contributed by atoms with Crippen LogP contribution in [0.4, 0.5) is 5.69 Å². The maximum Gasteiger partial charge on any atom is 0.338 e. The number of carbonyl (C=O) groups is 5. The Hall–Kier alpha value is -3.59. The van der Waals surface area contributed by atoms with Gasteiger partial charge in [-0.2, -0.15) is 0 Å². The molecule has 0 aliphatic heterocycles. The van der Waals surface area contributed by atoms with Gasteiger partial charge in [-0.15, -0.1) is 5.06 Å². The summed E-state index contributed by atoms with van der Waals surface area (Å²) in [7, 11) is 0. The van der Waals surface area contributed by atoms with Gasteiger partial charge in [0.25, 0.3) is 5.91 Å². The van der Waals surface area contributed by atoms with E-state index in [0.29, 0.717) is 24.0 Å². The van der Waals surface area contributed by atoms with Crippen molar-refractivity contribution in [2.24, 2.45) is 10.8 Å². The first-order valence-electron chi connectivity index (χ1n) is 11.3. The number of hydrogen-bond donors (Lipinski definition) is 1. The Bertz CT molecular complexity index is 1230. The van der Waals surface area contributed by atoms with Crippen LogP contribution in [0.25, 0.3) is 0 Å². The van der Waals surface area contributed by atoms with Crippen LogP contribution >= 0.6 is 0 Å². The molecule has 0 radical (unpaired) electrons. The molecule has 9 nitrogen and oxygen atoms in total. The molecule has 1 aromatic rings. The normalized spacial score (nSPS) is 26.3. The highest BCUT2D eigenvalue weighted by atomic mass is 16.7. The summed E-state index contributed by atoms with van der Waals surface area (Å²) in [4.78, 5) is 66.9. The zero-order chi connectivity index (χ0) is 25.9. The van der Waals surface area contributed by atoms with Gasteiger partial charge in [0.15, 0.2) is 11.6 Å². The first kappa shape index (κ1) is 24.5. The van der Waals surface area contributed by atoms with Gasteiger partial charge < -0.3 is 14.7 Å². The SMILES string of the molecule is CC(=O)ON(C(C)=O)c1ccc(C(=O)OC[C@]2(C)C=C3C(=O)[C@](C)(O)C4(CC4)C(C)=C3C2=O)cc1. The molecule has 0 unspecified atom stereocenters. The highest BCUT2D eigenvalue weighted by Gasteiger charge is 2.66. The minimum Gasteiger partial charge on any atom is -0.461 e. The number of rotatable bonds is 4. The predicted octanol–water partition coefficient (Wildman–Crippen LogP) is 2.62. The fourth-order valence-electron chi connectivity index (χ4n) is 5.05. The second-order valence-electron chi connectivity index (χ2n) is 9.81. The molecule has 0 bridgehead atoms. The quantitative estimate of drug-likeness (QED) is 0.514. The Kier molecular flexibility index (Phi) is 5.59. The summed E-state index contributed by atoms with van der Waals surface area (Å²) in [6.45, 7) is 6.98. The summed E-state index contributed by atoms with van der Waals surface area (Å²) in [5, 5.41) is 11.7. The van der Waals surface area contributed by atoms with E-state index in [9.17, 15) is 29.1 Å². The lowest BCUT2D eigenvalue weighted by Crippen LogP contribution is -2.49. The van der Waals surface area contributed by atoms with Gasteiger partial charge in [-0.05, 0) is 57.9 Å². The van der Waals surface area contributed by atoms with Crippen molar-refractivity contribution in [1.82, 2.24) is 0 Å². The monoisotopic (exact) mass is 481 g/mol. The lowest BCUT2D eigenvalue weighted by atomic mass is 9.68. The highest BCUT2D eigenvalue weighted by Crippen LogP contribution is 2.65. The Labute approximate surface area is 202 Å². The van der Waals surface area contributed by atoms with Crippen molar-refractivity contribution in [2.75, 3.05) is 11.7 Å². The van der Waals surface area contributed by atoms with E-state index < -0.39 is 40.1 Å². The summed E-state index contributed by atoms with van der Waals surface area (Å²) < 4.78 is 5.43. The molecule has 2 atom stereocenters. The molecule has 4 rings (SSSR count). The molecule has 35 heavy (non-hydrogen) atoms. The van der Waals surface area contributed by atoms with E-state index in [2.05, 4.69) is 0 Å². The second-order valence-corrected chi connectivity index (χ2v) is 9.81. The summed E-state index contributed by atoms with van der Waals surface area (Å²) in [5.41, 5.74) is -1.87. The number of Topliss-reactive ketones (excluding diaryl/α,β-unsaturated/α-hetero) is 2. The molecule has 1 fully saturated rings. The summed E-state index contributed by atoms with van der Waals surface area (Å²) in [5.74, 6) is -2.68. The Balaban J connectivity index is 1.51. The smallest absolute Gasteiger partial charge is 0.338 e. The number of carbonyl (C=O) groups excluding carboxylic acids is 5. The van der Waals surface area contributed by atoms with Crippen LogP contribution in [0, 0.1) is 10.8 Å². The van der Waals surface area contributed by atoms with Crippen LogP contribution in [0.15, 0.2) is 47.1 Å². The molecular formula is C26H27NO8. The predicted molar refractivity (Wildman–Crippen MR) is 123 cm³/mol. The number of aliphatic hydroxyl groups is 1. The average Bonchev–Trinajstić information content (AvgIpc) is 3.57. The molecule has 9 heteroatoms. The number of nitrogens with zero attached hydrogens (tertiary/aromatic N) is 1. The van der Waals surface area contributed by atoms with Crippen molar-refractivity contribution < 1.29 is 38.7 Å². The van der Waals surface area contributed by atoms with Crippen LogP contribution < -0.4 is 5.06 Å². The van der Waals surface area contributed by atoms with Crippen LogP contribution in [-0.4, -0.2) is 46.7 Å². The van der Waals surface area contributed by atoms with Gasteiger partial charge in [0, 0.05) is 30.4 Å². The van der Waals surface area contributed by atoms with Crippen LogP contribution in [0.2, 0.25) is 0 Å². The van der Waals surface area contributed by atoms with E-state index in [0.717, 1.165) is 12.0 Å². The summed E-state index contributed by atoms with van der Waals surface area (Å²) in [6.07, 6.45) is 2.78. The maximum absolute atomic E-state index is 13.4. The van der Waals surface area contributed by atoms with Gasteiger partial charge in [0.1, 0.15) is 12.2 Å². The van der Waals surface area contributed by atoms with E-state index in [1.165, 1.54) is 44.2 Å². The number of ether oxygens (including phenoxy) is 1. The number of hydroxylamine groups is 1. The summed E-state index contributed by atoms with van der Waals surface area (Å²) >= 11 is 0. The number of benzene rings is 1. The Morgan fingerprint density at radius 1 is 1.03 bits per heavy atom. The highest BCUT2D eigenvalue weighted by molar-refractivity contribution is 6.23. The van der Waals surface area contributed by atoms with Crippen molar-refractivity contribution >= 4 is 35.1 Å². The molecule has 1 N–H and O–H groups in total. The third-order valence-corrected chi connectivity index (χ3v) is 7.29.